The number of amides is 1. The molecule has 0 atom stereocenters. The molecule has 0 saturated carbocycles. The van der Waals surface area contributed by atoms with Crippen LogP contribution in [-0.4, -0.2) is 17.3 Å². The van der Waals surface area contributed by atoms with Gasteiger partial charge >= 0.3 is 156 Å². The van der Waals surface area contributed by atoms with Gasteiger partial charge in [0.1, 0.15) is 0 Å². The van der Waals surface area contributed by atoms with E-state index in [4.69, 9.17) is 13.8 Å². The van der Waals surface area contributed by atoms with E-state index in [-0.39, 0.29) is 6.61 Å². The van der Waals surface area contributed by atoms with Crippen LogP contribution < -0.4 is 5.09 Å². The summed E-state index contributed by atoms with van der Waals surface area (Å²) in [5.74, 6) is 0. The van der Waals surface area contributed by atoms with Crippen LogP contribution in [0.15, 0.2) is 24.3 Å². The van der Waals surface area contributed by atoms with E-state index in [9.17, 15) is 4.79 Å². The zero-order valence-electron chi connectivity index (χ0n) is 15.5. The molecule has 0 heterocycles. The summed E-state index contributed by atoms with van der Waals surface area (Å²) >= 11 is 1.05. The van der Waals surface area contributed by atoms with Crippen molar-refractivity contribution in [2.24, 2.45) is 0 Å². The van der Waals surface area contributed by atoms with Crippen LogP contribution in [0.2, 0.25) is 0 Å². The third-order valence-electron chi connectivity index (χ3n) is 2.51. The molecule has 1 amide bonds. The summed E-state index contributed by atoms with van der Waals surface area (Å²) in [5.41, 5.74) is -1.28. The van der Waals surface area contributed by atoms with Gasteiger partial charge in [0.2, 0.25) is 0 Å². The summed E-state index contributed by atoms with van der Waals surface area (Å²) < 4.78 is 17.4. The third kappa shape index (κ3) is 9.13. The minimum absolute atomic E-state index is 0.215. The van der Waals surface area contributed by atoms with E-state index in [2.05, 4.69) is 5.09 Å². The normalized spacial score (nSPS) is 12.8. The molecule has 0 bridgehead atoms. The zero-order chi connectivity index (χ0) is 18.6. The van der Waals surface area contributed by atoms with Crippen LogP contribution >= 0.6 is 5.50 Å². The van der Waals surface area contributed by atoms with Crippen LogP contribution in [0, 0.1) is 6.92 Å². The van der Waals surface area contributed by atoms with Crippen molar-refractivity contribution in [2.45, 2.75) is 66.3 Å². The van der Waals surface area contributed by atoms with Gasteiger partial charge in [0, 0.05) is 0 Å². The summed E-state index contributed by atoms with van der Waals surface area (Å²) in [6.07, 6.45) is -0.521. The van der Waals surface area contributed by atoms with E-state index < -0.39 is 22.8 Å². The molecule has 0 aromatic heterocycles. The van der Waals surface area contributed by atoms with Gasteiger partial charge in [0.25, 0.3) is 0 Å². The van der Waals surface area contributed by atoms with Gasteiger partial charge in [-0.1, -0.05) is 0 Å². The van der Waals surface area contributed by atoms with Crippen molar-refractivity contribution in [1.82, 2.24) is 5.09 Å². The summed E-state index contributed by atoms with van der Waals surface area (Å²) in [6.45, 7) is 13.9. The summed E-state index contributed by atoms with van der Waals surface area (Å²) in [5, 5.41) is 2.83. The third-order valence-corrected chi connectivity index (χ3v) is 7.13. The summed E-state index contributed by atoms with van der Waals surface area (Å²) in [4.78, 5) is 12.2. The Morgan fingerprint density at radius 1 is 1.04 bits per heavy atom. The van der Waals surface area contributed by atoms with E-state index in [1.54, 1.807) is 0 Å². The standard InChI is InChI=1S/C17H28NO4P.W/c1-13-8-10-14(11-9-13)12-20-15(19)18-23(21-16(2,3)4)22-17(5,6)7;/h8-11H,12H2,1-7H3,(H,18,19);. The second-order valence-corrected chi connectivity index (χ2v) is 14.3. The molecule has 1 aromatic rings. The molecular formula is C17H28NO4PW. The van der Waals surface area contributed by atoms with E-state index in [1.165, 1.54) is 5.56 Å². The van der Waals surface area contributed by atoms with Crippen molar-refractivity contribution in [2.75, 3.05) is 0 Å². The van der Waals surface area contributed by atoms with Gasteiger partial charge in [-0.3, -0.25) is 0 Å². The summed E-state index contributed by atoms with van der Waals surface area (Å²) in [7, 11) is 0. The van der Waals surface area contributed by atoms with Crippen molar-refractivity contribution >= 4 is 11.6 Å². The Bertz CT molecular complexity index is 583. The molecule has 5 nitrogen and oxygen atoms in total. The van der Waals surface area contributed by atoms with Crippen molar-refractivity contribution in [3.8, 4) is 0 Å². The Kier molecular flexibility index (Phi) is 7.43. The minimum atomic E-state index is -2.54. The number of ether oxygens (including phenoxy) is 1. The number of benzene rings is 1. The molecule has 1 aromatic carbocycles. The van der Waals surface area contributed by atoms with Crippen LogP contribution in [0.5, 0.6) is 0 Å². The molecule has 0 saturated heterocycles. The first-order chi connectivity index (χ1) is 10.8. The first-order valence-corrected chi connectivity index (χ1v) is 13.3. The Morgan fingerprint density at radius 2 is 1.50 bits per heavy atom. The van der Waals surface area contributed by atoms with Crippen molar-refractivity contribution < 1.29 is 37.4 Å². The quantitative estimate of drug-likeness (QED) is 0.546. The van der Waals surface area contributed by atoms with Crippen LogP contribution in [0.1, 0.15) is 52.7 Å². The zero-order valence-corrected chi connectivity index (χ0v) is 19.3. The molecule has 0 aliphatic heterocycles. The van der Waals surface area contributed by atoms with E-state index in [0.717, 1.165) is 24.4 Å². The average molecular weight is 525 g/mol. The predicted octanol–water partition coefficient (Wildman–Crippen LogP) is 5.08. The fraction of sp³-hybridized carbons (Fsp3) is 0.588. The van der Waals surface area contributed by atoms with Crippen molar-refractivity contribution in [3.05, 3.63) is 35.4 Å². The maximum absolute atomic E-state index is 12.2. The molecule has 24 heavy (non-hydrogen) atoms. The van der Waals surface area contributed by atoms with Crippen LogP contribution in [0.3, 0.4) is 0 Å². The van der Waals surface area contributed by atoms with Crippen LogP contribution in [-0.2, 0) is 39.2 Å². The number of nitrogens with one attached hydrogen (secondary N) is 1. The monoisotopic (exact) mass is 525 g/mol. The number of carbonyl (C=O) groups is 1. The fourth-order valence-corrected chi connectivity index (χ4v) is 9.24. The molecular weight excluding hydrogens is 497 g/mol. The molecule has 136 valence electrons. The molecule has 0 radical (unpaired) electrons. The summed E-state index contributed by atoms with van der Waals surface area (Å²) in [6, 6.07) is 7.87. The second kappa shape index (κ2) is 8.27. The Hall–Kier alpha value is -0.472. The molecule has 1 N–H and O–H groups in total. The van der Waals surface area contributed by atoms with Gasteiger partial charge in [0.05, 0.1) is 0 Å². The Balaban J connectivity index is 2.72. The number of rotatable bonds is 5. The van der Waals surface area contributed by atoms with Gasteiger partial charge in [0.15, 0.2) is 0 Å². The maximum atomic E-state index is 12.2. The number of aryl methyl sites for hydroxylation is 1. The molecule has 7 heteroatoms. The first-order valence-electron chi connectivity index (χ1n) is 7.80. The van der Waals surface area contributed by atoms with Gasteiger partial charge in [-0.05, 0) is 0 Å². The Morgan fingerprint density at radius 3 is 1.92 bits per heavy atom. The predicted molar refractivity (Wildman–Crippen MR) is 93.1 cm³/mol. The molecule has 0 fully saturated rings. The molecule has 0 unspecified atom stereocenters. The number of hydrogen-bond donors (Lipinski definition) is 1. The fourth-order valence-electron chi connectivity index (χ4n) is 1.76. The topological polar surface area (TPSA) is 56.8 Å². The average Bonchev–Trinajstić information content (AvgIpc) is 2.32. The van der Waals surface area contributed by atoms with Gasteiger partial charge < -0.3 is 0 Å². The Labute approximate surface area is 155 Å². The van der Waals surface area contributed by atoms with Crippen molar-refractivity contribution in [3.63, 3.8) is 0 Å². The number of carbonyl (C=O) groups excluding carboxylic acids is 1. The first kappa shape index (κ1) is 21.6. The van der Waals surface area contributed by atoms with Crippen molar-refractivity contribution in [1.29, 1.82) is 0 Å². The van der Waals surface area contributed by atoms with E-state index in [1.807, 2.05) is 72.7 Å². The second-order valence-electron chi connectivity index (χ2n) is 7.58. The molecule has 0 spiro atoms. The molecule has 1 rings (SSSR count). The van der Waals surface area contributed by atoms with Crippen LogP contribution in [0.4, 0.5) is 4.79 Å². The van der Waals surface area contributed by atoms with E-state index >= 15 is 0 Å². The molecule has 0 aliphatic rings. The number of hydrogen-bond acceptors (Lipinski definition) is 4. The van der Waals surface area contributed by atoms with E-state index in [0.29, 0.717) is 0 Å². The van der Waals surface area contributed by atoms with Gasteiger partial charge in [-0.2, -0.15) is 0 Å². The van der Waals surface area contributed by atoms with Gasteiger partial charge in [-0.25, -0.2) is 0 Å². The van der Waals surface area contributed by atoms with Crippen LogP contribution in [0.25, 0.3) is 0 Å². The van der Waals surface area contributed by atoms with Gasteiger partial charge in [-0.15, -0.1) is 0 Å². The molecule has 0 aliphatic carbocycles. The SMILES string of the molecule is Cc1ccc(COC(=O)N[P](=[W])(OC(C)(C)C)OC(C)(C)C)cc1.